The smallest absolute Gasteiger partial charge is 0.263 e. The second-order valence-corrected chi connectivity index (χ2v) is 7.66. The molecule has 0 unspecified atom stereocenters. The number of ether oxygens (including phenoxy) is 3. The van der Waals surface area contributed by atoms with Gasteiger partial charge in [-0.3, -0.25) is 20.2 Å². The molecule has 7 nitrogen and oxygen atoms in total. The number of methoxy groups -OCH3 is 1. The molecule has 0 saturated carbocycles. The normalized spacial score (nSPS) is 14.3. The lowest BCUT2D eigenvalue weighted by atomic mass is 9.98. The zero-order valence-electron chi connectivity index (χ0n) is 18.3. The Morgan fingerprint density at radius 1 is 0.969 bits per heavy atom. The van der Waals surface area contributed by atoms with Gasteiger partial charge in [-0.25, -0.2) is 0 Å². The second-order valence-electron chi connectivity index (χ2n) is 7.25. The first-order valence-electron chi connectivity index (χ1n) is 10.3. The molecule has 0 radical (unpaired) electrons. The average Bonchev–Trinajstić information content (AvgIpc) is 2.79. The van der Waals surface area contributed by atoms with Gasteiger partial charge in [0.2, 0.25) is 0 Å². The van der Waals surface area contributed by atoms with Gasteiger partial charge in [0.15, 0.2) is 16.6 Å². The Balaban J connectivity index is 1.64. The highest BCUT2D eigenvalue weighted by atomic mass is 32.1. The number of rotatable bonds is 9. The van der Waals surface area contributed by atoms with Crippen molar-refractivity contribution in [3.05, 3.63) is 59.2 Å². The van der Waals surface area contributed by atoms with Gasteiger partial charge >= 0.3 is 0 Å². The van der Waals surface area contributed by atoms with Gasteiger partial charge in [-0.05, 0) is 60.0 Å². The molecule has 32 heavy (non-hydrogen) atoms. The summed E-state index contributed by atoms with van der Waals surface area (Å²) in [5.74, 6) is 1.19. The fraction of sp³-hybridized carbons (Fsp3) is 0.292. The largest absolute Gasteiger partial charge is 0.493 e. The van der Waals surface area contributed by atoms with E-state index < -0.39 is 11.8 Å². The number of thiocarbonyl (C=S) groups is 1. The van der Waals surface area contributed by atoms with Crippen molar-refractivity contribution in [1.82, 2.24) is 10.6 Å². The molecule has 2 N–H and O–H groups in total. The molecular weight excluding hydrogens is 428 g/mol. The molecule has 2 aromatic rings. The highest BCUT2D eigenvalue weighted by molar-refractivity contribution is 7.80. The van der Waals surface area contributed by atoms with Crippen LogP contribution in [0.2, 0.25) is 0 Å². The number of para-hydroxylation sites is 1. The summed E-state index contributed by atoms with van der Waals surface area (Å²) in [6, 6.07) is 13.2. The molecule has 8 heteroatoms. The van der Waals surface area contributed by atoms with Crippen LogP contribution in [-0.2, 0) is 9.59 Å². The number of amides is 2. The van der Waals surface area contributed by atoms with Gasteiger partial charge in [-0.1, -0.05) is 38.1 Å². The van der Waals surface area contributed by atoms with Gasteiger partial charge in [-0.15, -0.1) is 0 Å². The quantitative estimate of drug-likeness (QED) is 0.261. The fourth-order valence-electron chi connectivity index (χ4n) is 3.21. The summed E-state index contributed by atoms with van der Waals surface area (Å²) in [5.41, 5.74) is 1.75. The standard InChI is InChI=1S/C24H26N2O5S/c1-4-15(2)17-7-5-6-8-19(17)30-11-12-31-20-10-9-16(14-21(20)29-3)13-18-22(27)25-24(32)26-23(18)28/h5-10,13-15H,4,11-12H2,1-3H3,(H2,25,26,27,28,32)/t15-/m1/s1. The summed E-state index contributed by atoms with van der Waals surface area (Å²) in [4.78, 5) is 24.0. The summed E-state index contributed by atoms with van der Waals surface area (Å²) in [6.45, 7) is 5.03. The Kier molecular flexibility index (Phi) is 7.83. The van der Waals surface area contributed by atoms with E-state index in [1.807, 2.05) is 18.2 Å². The Labute approximate surface area is 192 Å². The fourth-order valence-corrected chi connectivity index (χ4v) is 3.39. The Morgan fingerprint density at radius 3 is 2.28 bits per heavy atom. The van der Waals surface area contributed by atoms with Crippen LogP contribution < -0.4 is 24.8 Å². The van der Waals surface area contributed by atoms with Crippen LogP contribution in [0.4, 0.5) is 0 Å². The van der Waals surface area contributed by atoms with E-state index in [9.17, 15) is 9.59 Å². The molecule has 0 spiro atoms. The third-order valence-corrected chi connectivity index (χ3v) is 5.31. The van der Waals surface area contributed by atoms with Crippen molar-refractivity contribution in [2.75, 3.05) is 20.3 Å². The molecule has 1 aliphatic rings. The first-order valence-corrected chi connectivity index (χ1v) is 10.7. The van der Waals surface area contributed by atoms with Crippen molar-refractivity contribution in [2.45, 2.75) is 26.2 Å². The van der Waals surface area contributed by atoms with Crippen molar-refractivity contribution >= 4 is 35.2 Å². The highest BCUT2D eigenvalue weighted by Crippen LogP contribution is 2.30. The van der Waals surface area contributed by atoms with Gasteiger partial charge in [0.25, 0.3) is 11.8 Å². The summed E-state index contributed by atoms with van der Waals surface area (Å²) >= 11 is 4.80. The number of hydrogen-bond acceptors (Lipinski definition) is 6. The van der Waals surface area contributed by atoms with E-state index in [1.54, 1.807) is 18.2 Å². The number of carbonyl (C=O) groups is 2. The predicted molar refractivity (Wildman–Crippen MR) is 126 cm³/mol. The Morgan fingerprint density at radius 2 is 1.62 bits per heavy atom. The lowest BCUT2D eigenvalue weighted by Crippen LogP contribution is -2.51. The van der Waals surface area contributed by atoms with Crippen LogP contribution in [0.25, 0.3) is 6.08 Å². The topological polar surface area (TPSA) is 85.9 Å². The molecule has 0 aliphatic carbocycles. The zero-order chi connectivity index (χ0) is 23.1. The summed E-state index contributed by atoms with van der Waals surface area (Å²) in [6.07, 6.45) is 2.50. The van der Waals surface area contributed by atoms with E-state index in [0.717, 1.165) is 12.2 Å². The maximum absolute atomic E-state index is 12.0. The first-order chi connectivity index (χ1) is 15.4. The van der Waals surface area contributed by atoms with Gasteiger partial charge in [0, 0.05) is 0 Å². The molecule has 0 bridgehead atoms. The molecule has 168 valence electrons. The highest BCUT2D eigenvalue weighted by Gasteiger charge is 2.25. The Hall–Kier alpha value is -3.39. The summed E-state index contributed by atoms with van der Waals surface area (Å²) < 4.78 is 17.2. The van der Waals surface area contributed by atoms with E-state index >= 15 is 0 Å². The molecule has 1 heterocycles. The summed E-state index contributed by atoms with van der Waals surface area (Å²) in [5, 5.41) is 4.80. The number of benzene rings is 2. The van der Waals surface area contributed by atoms with E-state index in [1.165, 1.54) is 18.7 Å². The average molecular weight is 455 g/mol. The van der Waals surface area contributed by atoms with Crippen LogP contribution in [0, 0.1) is 0 Å². The van der Waals surface area contributed by atoms with Crippen LogP contribution in [0.1, 0.15) is 37.3 Å². The lowest BCUT2D eigenvalue weighted by molar-refractivity contribution is -0.123. The summed E-state index contributed by atoms with van der Waals surface area (Å²) in [7, 11) is 1.52. The monoisotopic (exact) mass is 454 g/mol. The predicted octanol–water partition coefficient (Wildman–Crippen LogP) is 3.58. The van der Waals surface area contributed by atoms with E-state index in [4.69, 9.17) is 26.4 Å². The lowest BCUT2D eigenvalue weighted by Gasteiger charge is -2.17. The van der Waals surface area contributed by atoms with Crippen LogP contribution in [0.3, 0.4) is 0 Å². The number of hydrogen-bond donors (Lipinski definition) is 2. The molecule has 0 aromatic heterocycles. The van der Waals surface area contributed by atoms with Crippen molar-refractivity contribution in [3.63, 3.8) is 0 Å². The molecule has 2 aromatic carbocycles. The van der Waals surface area contributed by atoms with Crippen LogP contribution in [0.5, 0.6) is 17.2 Å². The van der Waals surface area contributed by atoms with Gasteiger partial charge in [0.05, 0.1) is 7.11 Å². The second kappa shape index (κ2) is 10.8. The number of nitrogens with one attached hydrogen (secondary N) is 2. The molecule has 1 atom stereocenters. The van der Waals surface area contributed by atoms with Gasteiger partial charge in [-0.2, -0.15) is 0 Å². The third-order valence-electron chi connectivity index (χ3n) is 5.10. The van der Waals surface area contributed by atoms with Crippen molar-refractivity contribution < 1.29 is 23.8 Å². The van der Waals surface area contributed by atoms with Gasteiger partial charge < -0.3 is 14.2 Å². The molecule has 2 amide bonds. The SMILES string of the molecule is CC[C@@H](C)c1ccccc1OCCOc1ccc(C=C2C(=O)NC(=S)NC2=O)cc1OC. The number of carbonyl (C=O) groups excluding carboxylic acids is 2. The molecule has 1 saturated heterocycles. The van der Waals surface area contributed by atoms with Crippen molar-refractivity contribution in [2.24, 2.45) is 0 Å². The van der Waals surface area contributed by atoms with Crippen LogP contribution >= 0.6 is 12.2 Å². The van der Waals surface area contributed by atoms with E-state index in [-0.39, 0.29) is 10.7 Å². The zero-order valence-corrected chi connectivity index (χ0v) is 19.1. The Bertz CT molecular complexity index is 1030. The minimum Gasteiger partial charge on any atom is -0.493 e. The van der Waals surface area contributed by atoms with Gasteiger partial charge in [0.1, 0.15) is 24.5 Å². The van der Waals surface area contributed by atoms with Crippen LogP contribution in [-0.4, -0.2) is 37.3 Å². The first kappa shape index (κ1) is 23.3. The molecule has 3 rings (SSSR count). The molecule has 1 aliphatic heterocycles. The van der Waals surface area contributed by atoms with Crippen LogP contribution in [0.15, 0.2) is 48.0 Å². The minimum absolute atomic E-state index is 0.00697. The minimum atomic E-state index is -0.548. The molecular formula is C24H26N2O5S. The maximum atomic E-state index is 12.0. The van der Waals surface area contributed by atoms with E-state index in [2.05, 4.69) is 30.5 Å². The van der Waals surface area contributed by atoms with Crippen molar-refractivity contribution in [1.29, 1.82) is 0 Å². The third kappa shape index (κ3) is 5.64. The van der Waals surface area contributed by atoms with Crippen molar-refractivity contribution in [3.8, 4) is 17.2 Å². The van der Waals surface area contributed by atoms with E-state index in [0.29, 0.717) is 36.2 Å². The molecule has 1 fully saturated rings. The maximum Gasteiger partial charge on any atom is 0.263 e.